The maximum atomic E-state index is 6.88. The highest BCUT2D eigenvalue weighted by Gasteiger charge is 2.37. The smallest absolute Gasteiger partial charge is 0.0560 e. The Hall–Kier alpha value is 2.40. The van der Waals surface area contributed by atoms with Gasteiger partial charge in [-0.3, -0.25) is 0 Å². The average molecular weight is 846 g/mol. The standard InChI is InChI=1S/C31H72N8O2S8/c32-1-9-42-21-29(22-43-10-2-33,17-40-19-30(23-44-11-3-34,24-45-12-4-35)25-46-13-5-36)18-41-20-31(26-47-14-6-37,27-48-15-7-38)28-49-16-8-39/h1-28,32-39H2. The molecule has 0 aliphatic heterocycles. The van der Waals surface area contributed by atoms with Crippen molar-refractivity contribution in [2.75, 3.05) is 171 Å². The second kappa shape index (κ2) is 36.1. The number of thioether (sulfide) groups is 8. The molecule has 18 heteroatoms. The van der Waals surface area contributed by atoms with E-state index < -0.39 is 0 Å². The Bertz CT molecular complexity index is 607. The molecule has 0 amide bonds. The van der Waals surface area contributed by atoms with Crippen molar-refractivity contribution in [1.29, 1.82) is 0 Å². The summed E-state index contributed by atoms with van der Waals surface area (Å²) in [6.45, 7) is 7.92. The third-order valence-corrected chi connectivity index (χ3v) is 17.7. The molecule has 296 valence electrons. The lowest BCUT2D eigenvalue weighted by Gasteiger charge is -2.39. The zero-order valence-electron chi connectivity index (χ0n) is 30.0. The van der Waals surface area contributed by atoms with Gasteiger partial charge in [-0.2, -0.15) is 94.1 Å². The highest BCUT2D eigenvalue weighted by atomic mass is 32.2. The molecule has 0 radical (unpaired) electrons. The molecule has 0 spiro atoms. The van der Waals surface area contributed by atoms with E-state index >= 15 is 0 Å². The number of rotatable bonds is 40. The van der Waals surface area contributed by atoms with E-state index in [0.717, 1.165) is 92.0 Å². The highest BCUT2D eigenvalue weighted by Crippen LogP contribution is 2.37. The molecule has 16 N–H and O–H groups in total. The summed E-state index contributed by atoms with van der Waals surface area (Å²) in [5, 5.41) is 0. The van der Waals surface area contributed by atoms with Crippen LogP contribution in [-0.2, 0) is 9.47 Å². The Morgan fingerprint density at radius 1 is 0.265 bits per heavy atom. The molecule has 0 aliphatic carbocycles. The Balaban J connectivity index is 6.22. The first-order valence-electron chi connectivity index (χ1n) is 17.3. The quantitative estimate of drug-likeness (QED) is 0.0409. The molecule has 0 unspecified atom stereocenters. The molecule has 0 aromatic heterocycles. The molecule has 0 atom stereocenters. The SMILES string of the molecule is NCCSCC(COCC(CSCCN)(CSCCN)CSCCN)(COCC(CSCCN)(CSCCN)CSCCN)CSCCN. The monoisotopic (exact) mass is 844 g/mol. The molecule has 0 rings (SSSR count). The van der Waals surface area contributed by atoms with Gasteiger partial charge in [-0.1, -0.05) is 0 Å². The topological polar surface area (TPSA) is 227 Å². The zero-order chi connectivity index (χ0) is 36.4. The van der Waals surface area contributed by atoms with Crippen LogP contribution in [0.2, 0.25) is 0 Å². The molecule has 0 fully saturated rings. The molecule has 0 saturated heterocycles. The molecule has 0 aromatic rings. The number of hydrogen-bond donors (Lipinski definition) is 8. The second-order valence-electron chi connectivity index (χ2n) is 12.2. The highest BCUT2D eigenvalue weighted by molar-refractivity contribution is 8.02. The average Bonchev–Trinajstić information content (AvgIpc) is 3.09. The van der Waals surface area contributed by atoms with Crippen molar-refractivity contribution in [3.8, 4) is 0 Å². The van der Waals surface area contributed by atoms with Crippen LogP contribution in [0.1, 0.15) is 0 Å². The fraction of sp³-hybridized carbons (Fsp3) is 1.00. The first-order chi connectivity index (χ1) is 23.9. The van der Waals surface area contributed by atoms with E-state index in [0.29, 0.717) is 78.8 Å². The Morgan fingerprint density at radius 2 is 0.429 bits per heavy atom. The number of hydrogen-bond acceptors (Lipinski definition) is 18. The molecular weight excluding hydrogens is 773 g/mol. The Kier molecular flexibility index (Phi) is 37.8. The van der Waals surface area contributed by atoms with Crippen LogP contribution in [0.25, 0.3) is 0 Å². The lowest BCUT2D eigenvalue weighted by molar-refractivity contribution is -0.0282. The fourth-order valence-corrected chi connectivity index (χ4v) is 13.8. The van der Waals surface area contributed by atoms with Gasteiger partial charge in [0.25, 0.3) is 0 Å². The lowest BCUT2D eigenvalue weighted by Crippen LogP contribution is -2.44. The van der Waals surface area contributed by atoms with E-state index in [4.69, 9.17) is 55.3 Å². The van der Waals surface area contributed by atoms with Crippen molar-refractivity contribution in [1.82, 2.24) is 0 Å². The van der Waals surface area contributed by atoms with Gasteiger partial charge in [0.05, 0.1) is 26.4 Å². The zero-order valence-corrected chi connectivity index (χ0v) is 36.5. The first-order valence-corrected chi connectivity index (χ1v) is 26.5. The summed E-state index contributed by atoms with van der Waals surface area (Å²) in [5.74, 6) is 15.2. The molecule has 0 bridgehead atoms. The predicted molar refractivity (Wildman–Crippen MR) is 240 cm³/mol. The van der Waals surface area contributed by atoms with Crippen LogP contribution in [0.5, 0.6) is 0 Å². The van der Waals surface area contributed by atoms with Crippen LogP contribution >= 0.6 is 94.1 Å². The van der Waals surface area contributed by atoms with Crippen LogP contribution in [0.15, 0.2) is 0 Å². The molecule has 0 saturated carbocycles. The molecule has 0 heterocycles. The van der Waals surface area contributed by atoms with Gasteiger partial charge in [0.15, 0.2) is 0 Å². The van der Waals surface area contributed by atoms with E-state index in [1.54, 1.807) is 0 Å². The van der Waals surface area contributed by atoms with Crippen LogP contribution in [-0.4, -0.2) is 171 Å². The minimum atomic E-state index is -0.185. The van der Waals surface area contributed by atoms with Gasteiger partial charge in [0.2, 0.25) is 0 Å². The number of nitrogens with two attached hydrogens (primary N) is 8. The number of ether oxygens (including phenoxy) is 2. The fourth-order valence-electron chi connectivity index (χ4n) is 4.69. The second-order valence-corrected chi connectivity index (χ2v) is 21.1. The van der Waals surface area contributed by atoms with Crippen LogP contribution in [0, 0.1) is 16.2 Å². The van der Waals surface area contributed by atoms with Gasteiger partial charge in [-0.05, 0) is 0 Å². The van der Waals surface area contributed by atoms with Crippen molar-refractivity contribution in [3.05, 3.63) is 0 Å². The maximum absolute atomic E-state index is 6.88. The molecule has 49 heavy (non-hydrogen) atoms. The van der Waals surface area contributed by atoms with Gasteiger partial charge >= 0.3 is 0 Å². The first kappa shape index (κ1) is 51.4. The molecular formula is C31H72N8O2S8. The van der Waals surface area contributed by atoms with Crippen LogP contribution in [0.3, 0.4) is 0 Å². The minimum absolute atomic E-state index is 0.00326. The maximum Gasteiger partial charge on any atom is 0.0560 e. The molecule has 10 nitrogen and oxygen atoms in total. The van der Waals surface area contributed by atoms with Gasteiger partial charge in [0, 0.05) is 161 Å². The summed E-state index contributed by atoms with van der Waals surface area (Å²) in [5.41, 5.74) is 47.2. The third-order valence-electron chi connectivity index (χ3n) is 7.00. The Morgan fingerprint density at radius 3 is 0.612 bits per heavy atom. The van der Waals surface area contributed by atoms with E-state index in [1.165, 1.54) is 0 Å². The van der Waals surface area contributed by atoms with Crippen molar-refractivity contribution in [2.24, 2.45) is 62.1 Å². The molecule has 0 aliphatic rings. The molecule has 0 aromatic carbocycles. The minimum Gasteiger partial charge on any atom is -0.380 e. The van der Waals surface area contributed by atoms with Crippen LogP contribution in [0.4, 0.5) is 0 Å². The summed E-state index contributed by atoms with van der Waals surface area (Å²) in [6, 6.07) is 0. The van der Waals surface area contributed by atoms with Crippen LogP contribution < -0.4 is 45.9 Å². The summed E-state index contributed by atoms with van der Waals surface area (Å²) >= 11 is 15.3. The summed E-state index contributed by atoms with van der Waals surface area (Å²) in [4.78, 5) is 0. The lowest BCUT2D eigenvalue weighted by atomic mass is 9.93. The largest absolute Gasteiger partial charge is 0.380 e. The van der Waals surface area contributed by atoms with E-state index in [9.17, 15) is 0 Å². The van der Waals surface area contributed by atoms with Gasteiger partial charge in [0.1, 0.15) is 0 Å². The predicted octanol–water partition coefficient (Wildman–Crippen LogP) is 1.51. The van der Waals surface area contributed by atoms with E-state index in [-0.39, 0.29) is 16.2 Å². The van der Waals surface area contributed by atoms with E-state index in [1.807, 2.05) is 94.1 Å². The van der Waals surface area contributed by atoms with Gasteiger partial charge in [-0.25, -0.2) is 0 Å². The summed E-state index contributed by atoms with van der Waals surface area (Å²) in [7, 11) is 0. The van der Waals surface area contributed by atoms with Crippen molar-refractivity contribution in [2.45, 2.75) is 0 Å². The van der Waals surface area contributed by atoms with Gasteiger partial charge < -0.3 is 55.3 Å². The summed E-state index contributed by atoms with van der Waals surface area (Å²) < 4.78 is 13.8. The van der Waals surface area contributed by atoms with Crippen molar-refractivity contribution >= 4 is 94.1 Å². The normalized spacial score (nSPS) is 12.7. The third kappa shape index (κ3) is 26.8. The van der Waals surface area contributed by atoms with E-state index in [2.05, 4.69) is 0 Å². The van der Waals surface area contributed by atoms with Crippen molar-refractivity contribution in [3.63, 3.8) is 0 Å². The van der Waals surface area contributed by atoms with Gasteiger partial charge in [-0.15, -0.1) is 0 Å². The summed E-state index contributed by atoms with van der Waals surface area (Å²) in [6.07, 6.45) is 0. The Labute approximate surface area is 334 Å². The van der Waals surface area contributed by atoms with Crippen molar-refractivity contribution < 1.29 is 9.47 Å².